The highest BCUT2D eigenvalue weighted by molar-refractivity contribution is 9.10. The smallest absolute Gasteiger partial charge is 0.236 e. The summed E-state index contributed by atoms with van der Waals surface area (Å²) in [5.74, 6) is 0.714. The van der Waals surface area contributed by atoms with E-state index in [0.717, 1.165) is 19.6 Å². The first-order valence-corrected chi connectivity index (χ1v) is 5.34. The third kappa shape index (κ3) is 3.27. The summed E-state index contributed by atoms with van der Waals surface area (Å²) >= 11 is 3.32. The summed E-state index contributed by atoms with van der Waals surface area (Å²) in [6.07, 6.45) is 0. The number of carbonyl (C=O) groups is 1. The molecule has 0 atom stereocenters. The van der Waals surface area contributed by atoms with Crippen LogP contribution in [-0.2, 0) is 4.79 Å². The molecule has 1 aliphatic rings. The maximum atomic E-state index is 11.4. The lowest BCUT2D eigenvalue weighted by atomic mass is 10.0. The van der Waals surface area contributed by atoms with Crippen LogP contribution in [0.1, 0.15) is 13.8 Å². The van der Waals surface area contributed by atoms with E-state index in [2.05, 4.69) is 33.2 Å². The van der Waals surface area contributed by atoms with Crippen LogP contribution < -0.4 is 5.32 Å². The molecular weight excluding hydrogens is 232 g/mol. The normalized spacial score (nSPS) is 19.7. The Morgan fingerprint density at radius 3 is 2.54 bits per heavy atom. The summed E-state index contributed by atoms with van der Waals surface area (Å²) in [6.45, 7) is 6.72. The number of hydrogen-bond donors (Lipinski definition) is 1. The minimum absolute atomic E-state index is 0.0713. The van der Waals surface area contributed by atoms with E-state index in [1.807, 2.05) is 13.8 Å². The molecule has 0 unspecified atom stereocenters. The van der Waals surface area contributed by atoms with Crippen LogP contribution in [0.2, 0.25) is 0 Å². The average Bonchev–Trinajstić information content (AvgIpc) is 1.93. The molecule has 0 aliphatic carbocycles. The van der Waals surface area contributed by atoms with Crippen molar-refractivity contribution in [3.8, 4) is 0 Å². The van der Waals surface area contributed by atoms with E-state index in [-0.39, 0.29) is 5.91 Å². The Hall–Kier alpha value is -0.0900. The number of nitrogens with zero attached hydrogens (tertiary/aromatic N) is 1. The van der Waals surface area contributed by atoms with Crippen molar-refractivity contribution in [2.45, 2.75) is 18.2 Å². The summed E-state index contributed by atoms with van der Waals surface area (Å²) in [4.78, 5) is 13.7. The van der Waals surface area contributed by atoms with E-state index in [0.29, 0.717) is 5.92 Å². The van der Waals surface area contributed by atoms with Crippen LogP contribution in [0.25, 0.3) is 0 Å². The van der Waals surface area contributed by atoms with Crippen molar-refractivity contribution < 1.29 is 4.79 Å². The molecule has 0 radical (unpaired) electrons. The fourth-order valence-corrected chi connectivity index (χ4v) is 1.54. The quantitative estimate of drug-likeness (QED) is 0.752. The highest BCUT2D eigenvalue weighted by Crippen LogP contribution is 2.16. The molecule has 1 heterocycles. The first kappa shape index (κ1) is 11.0. The Balaban J connectivity index is 2.16. The molecule has 1 saturated heterocycles. The molecule has 3 nitrogen and oxygen atoms in total. The Kier molecular flexibility index (Phi) is 3.35. The molecule has 1 rings (SSSR count). The molecule has 13 heavy (non-hydrogen) atoms. The summed E-state index contributed by atoms with van der Waals surface area (Å²) in [6, 6.07) is 0. The predicted molar refractivity (Wildman–Crippen MR) is 57.0 cm³/mol. The van der Waals surface area contributed by atoms with Gasteiger partial charge in [0, 0.05) is 25.6 Å². The second kappa shape index (κ2) is 3.96. The molecule has 1 amide bonds. The van der Waals surface area contributed by atoms with Crippen molar-refractivity contribution in [3.05, 3.63) is 0 Å². The molecule has 4 heteroatoms. The maximum Gasteiger partial charge on any atom is 0.236 e. The molecule has 1 fully saturated rings. The van der Waals surface area contributed by atoms with Crippen molar-refractivity contribution in [2.24, 2.45) is 5.92 Å². The SMILES string of the molecule is CN1CC(CNC(=O)C(C)(C)Br)C1. The number of halogens is 1. The lowest BCUT2D eigenvalue weighted by Crippen LogP contribution is -2.50. The topological polar surface area (TPSA) is 32.3 Å². The molecule has 76 valence electrons. The first-order chi connectivity index (χ1) is 5.89. The van der Waals surface area contributed by atoms with Crippen molar-refractivity contribution in [2.75, 3.05) is 26.7 Å². The van der Waals surface area contributed by atoms with Gasteiger partial charge < -0.3 is 10.2 Å². The summed E-state index contributed by atoms with van der Waals surface area (Å²) < 4.78 is -0.442. The molecule has 0 spiro atoms. The van der Waals surface area contributed by atoms with Gasteiger partial charge in [-0.15, -0.1) is 0 Å². The molecule has 1 aliphatic heterocycles. The zero-order valence-electron chi connectivity index (χ0n) is 8.43. The fraction of sp³-hybridized carbons (Fsp3) is 0.889. The van der Waals surface area contributed by atoms with E-state index >= 15 is 0 Å². The molecule has 1 N–H and O–H groups in total. The number of nitrogens with one attached hydrogen (secondary N) is 1. The van der Waals surface area contributed by atoms with Gasteiger partial charge in [0.25, 0.3) is 0 Å². The van der Waals surface area contributed by atoms with Gasteiger partial charge in [0.1, 0.15) is 0 Å². The minimum atomic E-state index is -0.442. The first-order valence-electron chi connectivity index (χ1n) is 4.55. The molecular formula is C9H17BrN2O. The second-order valence-electron chi connectivity index (χ2n) is 4.27. The van der Waals surface area contributed by atoms with Crippen molar-refractivity contribution in [3.63, 3.8) is 0 Å². The molecule has 0 saturated carbocycles. The van der Waals surface area contributed by atoms with Crippen LogP contribution >= 0.6 is 15.9 Å². The molecule has 0 bridgehead atoms. The number of hydrogen-bond acceptors (Lipinski definition) is 2. The fourth-order valence-electron chi connectivity index (χ4n) is 1.40. The van der Waals surface area contributed by atoms with Crippen molar-refractivity contribution >= 4 is 21.8 Å². The van der Waals surface area contributed by atoms with Crippen LogP contribution in [0.5, 0.6) is 0 Å². The standard InChI is InChI=1S/C9H17BrN2O/c1-9(2,10)8(13)11-4-7-5-12(3)6-7/h7H,4-6H2,1-3H3,(H,11,13). The second-order valence-corrected chi connectivity index (χ2v) is 6.25. The van der Waals surface area contributed by atoms with E-state index in [1.165, 1.54) is 0 Å². The highest BCUT2D eigenvalue weighted by Gasteiger charge is 2.27. The van der Waals surface area contributed by atoms with Crippen LogP contribution in [0.4, 0.5) is 0 Å². The lowest BCUT2D eigenvalue weighted by Gasteiger charge is -2.36. The number of carbonyl (C=O) groups excluding carboxylic acids is 1. The number of amides is 1. The number of likely N-dealkylation sites (tertiary alicyclic amines) is 1. The van der Waals surface area contributed by atoms with Crippen LogP contribution in [0.15, 0.2) is 0 Å². The van der Waals surface area contributed by atoms with Gasteiger partial charge >= 0.3 is 0 Å². The summed E-state index contributed by atoms with van der Waals surface area (Å²) in [5, 5.41) is 2.93. The highest BCUT2D eigenvalue weighted by atomic mass is 79.9. The van der Waals surface area contributed by atoms with E-state index in [4.69, 9.17) is 0 Å². The van der Waals surface area contributed by atoms with Gasteiger partial charge in [0.15, 0.2) is 0 Å². The maximum absolute atomic E-state index is 11.4. The van der Waals surface area contributed by atoms with E-state index < -0.39 is 4.32 Å². The Morgan fingerprint density at radius 2 is 2.15 bits per heavy atom. The third-order valence-electron chi connectivity index (χ3n) is 2.23. The zero-order valence-corrected chi connectivity index (χ0v) is 10.0. The lowest BCUT2D eigenvalue weighted by molar-refractivity contribution is -0.122. The van der Waals surface area contributed by atoms with Gasteiger partial charge in [0.05, 0.1) is 4.32 Å². The number of rotatable bonds is 3. The van der Waals surface area contributed by atoms with Gasteiger partial charge in [-0.25, -0.2) is 0 Å². The van der Waals surface area contributed by atoms with Crippen LogP contribution in [0.3, 0.4) is 0 Å². The summed E-state index contributed by atoms with van der Waals surface area (Å²) in [7, 11) is 2.09. The summed E-state index contributed by atoms with van der Waals surface area (Å²) in [5.41, 5.74) is 0. The molecule has 0 aromatic carbocycles. The minimum Gasteiger partial charge on any atom is -0.355 e. The van der Waals surface area contributed by atoms with E-state index in [1.54, 1.807) is 0 Å². The Bertz CT molecular complexity index is 194. The Morgan fingerprint density at radius 1 is 1.62 bits per heavy atom. The van der Waals surface area contributed by atoms with Crippen molar-refractivity contribution in [1.29, 1.82) is 0 Å². The predicted octanol–water partition coefficient (Wildman–Crippen LogP) is 0.838. The van der Waals surface area contributed by atoms with Crippen LogP contribution in [-0.4, -0.2) is 41.8 Å². The molecule has 0 aromatic heterocycles. The van der Waals surface area contributed by atoms with Gasteiger partial charge in [-0.1, -0.05) is 15.9 Å². The van der Waals surface area contributed by atoms with E-state index in [9.17, 15) is 4.79 Å². The zero-order chi connectivity index (χ0) is 10.1. The van der Waals surface area contributed by atoms with Gasteiger partial charge in [-0.05, 0) is 20.9 Å². The Labute approximate surface area is 88.0 Å². The number of alkyl halides is 1. The largest absolute Gasteiger partial charge is 0.355 e. The van der Waals surface area contributed by atoms with Gasteiger partial charge in [-0.2, -0.15) is 0 Å². The van der Waals surface area contributed by atoms with Gasteiger partial charge in [-0.3, -0.25) is 4.79 Å². The van der Waals surface area contributed by atoms with Crippen LogP contribution in [0, 0.1) is 5.92 Å². The van der Waals surface area contributed by atoms with Crippen molar-refractivity contribution in [1.82, 2.24) is 10.2 Å². The monoisotopic (exact) mass is 248 g/mol. The average molecular weight is 249 g/mol. The third-order valence-corrected chi connectivity index (χ3v) is 2.59. The molecule has 0 aromatic rings. The van der Waals surface area contributed by atoms with Gasteiger partial charge in [0.2, 0.25) is 5.91 Å².